The van der Waals surface area contributed by atoms with Crippen LogP contribution in [0.3, 0.4) is 0 Å². The highest BCUT2D eigenvalue weighted by Gasteiger charge is 2.08. The van der Waals surface area contributed by atoms with Crippen molar-refractivity contribution in [2.75, 3.05) is 11.5 Å². The number of nitrogens with one attached hydrogen (secondary N) is 1. The SMILES string of the molecule is Cn1cnnc1CNC(=O)c1cc(N)cc(N)c1. The molecular formula is C11H14N6O. The van der Waals surface area contributed by atoms with Crippen LogP contribution < -0.4 is 16.8 Å². The molecule has 1 aromatic carbocycles. The zero-order valence-electron chi connectivity index (χ0n) is 9.92. The lowest BCUT2D eigenvalue weighted by Gasteiger charge is -2.06. The van der Waals surface area contributed by atoms with Crippen molar-refractivity contribution in [3.8, 4) is 0 Å². The number of hydrogen-bond acceptors (Lipinski definition) is 5. The molecule has 0 saturated carbocycles. The zero-order valence-corrected chi connectivity index (χ0v) is 9.92. The molecule has 2 aromatic rings. The molecule has 0 aliphatic heterocycles. The Hall–Kier alpha value is -2.57. The molecule has 1 aromatic heterocycles. The maximum absolute atomic E-state index is 11.9. The van der Waals surface area contributed by atoms with Crippen LogP contribution in [0.1, 0.15) is 16.2 Å². The van der Waals surface area contributed by atoms with E-state index in [0.717, 1.165) is 0 Å². The fourth-order valence-corrected chi connectivity index (χ4v) is 1.54. The van der Waals surface area contributed by atoms with Gasteiger partial charge < -0.3 is 21.4 Å². The van der Waals surface area contributed by atoms with Crippen molar-refractivity contribution in [1.82, 2.24) is 20.1 Å². The predicted octanol–water partition coefficient (Wildman–Crippen LogP) is -0.0905. The minimum atomic E-state index is -0.253. The molecule has 0 aliphatic carbocycles. The van der Waals surface area contributed by atoms with Crippen molar-refractivity contribution in [2.24, 2.45) is 7.05 Å². The fraction of sp³-hybridized carbons (Fsp3) is 0.182. The van der Waals surface area contributed by atoms with E-state index in [2.05, 4.69) is 15.5 Å². The summed E-state index contributed by atoms with van der Waals surface area (Å²) in [5, 5.41) is 10.3. The van der Waals surface area contributed by atoms with E-state index in [1.165, 1.54) is 0 Å². The largest absolute Gasteiger partial charge is 0.399 e. The Labute approximate surface area is 104 Å². The Kier molecular flexibility index (Phi) is 3.13. The summed E-state index contributed by atoms with van der Waals surface area (Å²) < 4.78 is 1.73. The molecule has 5 N–H and O–H groups in total. The van der Waals surface area contributed by atoms with Crippen LogP contribution >= 0.6 is 0 Å². The van der Waals surface area contributed by atoms with Gasteiger partial charge in [-0.3, -0.25) is 4.79 Å². The van der Waals surface area contributed by atoms with E-state index in [0.29, 0.717) is 29.3 Å². The normalized spacial score (nSPS) is 10.3. The summed E-state index contributed by atoms with van der Waals surface area (Å²) in [7, 11) is 1.81. The van der Waals surface area contributed by atoms with Gasteiger partial charge in [-0.25, -0.2) is 0 Å². The van der Waals surface area contributed by atoms with Crippen molar-refractivity contribution in [2.45, 2.75) is 6.54 Å². The number of carbonyl (C=O) groups is 1. The maximum atomic E-state index is 11.9. The van der Waals surface area contributed by atoms with Gasteiger partial charge in [-0.05, 0) is 18.2 Å². The molecule has 18 heavy (non-hydrogen) atoms. The number of carbonyl (C=O) groups excluding carboxylic acids is 1. The standard InChI is InChI=1S/C11H14N6O/c1-17-6-15-16-10(17)5-14-11(18)7-2-8(12)4-9(13)3-7/h2-4,6H,5,12-13H2,1H3,(H,14,18). The zero-order chi connectivity index (χ0) is 13.1. The molecule has 0 aliphatic rings. The van der Waals surface area contributed by atoms with Gasteiger partial charge in [-0.1, -0.05) is 0 Å². The summed E-state index contributed by atoms with van der Waals surface area (Å²) in [6, 6.07) is 4.74. The minimum absolute atomic E-state index is 0.253. The molecule has 0 saturated heterocycles. The first kappa shape index (κ1) is 11.9. The molecule has 94 valence electrons. The monoisotopic (exact) mass is 246 g/mol. The number of amides is 1. The quantitative estimate of drug-likeness (QED) is 0.655. The van der Waals surface area contributed by atoms with E-state index in [1.807, 2.05) is 0 Å². The third kappa shape index (κ3) is 2.57. The van der Waals surface area contributed by atoms with E-state index in [4.69, 9.17) is 11.5 Å². The van der Waals surface area contributed by atoms with Crippen molar-refractivity contribution in [1.29, 1.82) is 0 Å². The molecule has 7 nitrogen and oxygen atoms in total. The summed E-state index contributed by atoms with van der Waals surface area (Å²) in [5.74, 6) is 0.414. The third-order valence-corrected chi connectivity index (χ3v) is 2.45. The van der Waals surface area contributed by atoms with E-state index in [-0.39, 0.29) is 5.91 Å². The highest BCUT2D eigenvalue weighted by Crippen LogP contribution is 2.13. The van der Waals surface area contributed by atoms with Gasteiger partial charge in [-0.15, -0.1) is 10.2 Å². The molecule has 1 heterocycles. The second-order valence-electron chi connectivity index (χ2n) is 3.93. The molecule has 2 rings (SSSR count). The summed E-state index contributed by atoms with van der Waals surface area (Å²) in [4.78, 5) is 11.9. The van der Waals surface area contributed by atoms with Crippen LogP contribution in [0.4, 0.5) is 11.4 Å². The van der Waals surface area contributed by atoms with Gasteiger partial charge in [0, 0.05) is 24.0 Å². The Bertz CT molecular complexity index is 556. The summed E-state index contributed by atoms with van der Waals surface area (Å²) in [6.45, 7) is 0.296. The average Bonchev–Trinajstić information content (AvgIpc) is 2.70. The molecule has 0 fully saturated rings. The van der Waals surface area contributed by atoms with Gasteiger partial charge in [0.15, 0.2) is 5.82 Å². The number of nitrogens with zero attached hydrogens (tertiary/aromatic N) is 3. The highest BCUT2D eigenvalue weighted by atomic mass is 16.1. The molecule has 0 spiro atoms. The second-order valence-corrected chi connectivity index (χ2v) is 3.93. The van der Waals surface area contributed by atoms with Crippen LogP contribution in [0.5, 0.6) is 0 Å². The van der Waals surface area contributed by atoms with Crippen LogP contribution in [0.2, 0.25) is 0 Å². The second kappa shape index (κ2) is 4.74. The number of rotatable bonds is 3. The summed E-state index contributed by atoms with van der Waals surface area (Å²) in [6.07, 6.45) is 1.57. The number of anilines is 2. The third-order valence-electron chi connectivity index (χ3n) is 2.45. The van der Waals surface area contributed by atoms with E-state index >= 15 is 0 Å². The Balaban J connectivity index is 2.06. The smallest absolute Gasteiger partial charge is 0.251 e. The number of aromatic nitrogens is 3. The van der Waals surface area contributed by atoms with Crippen LogP contribution in [0, 0.1) is 0 Å². The van der Waals surface area contributed by atoms with Crippen LogP contribution in [-0.4, -0.2) is 20.7 Å². The van der Waals surface area contributed by atoms with Crippen molar-refractivity contribution in [3.63, 3.8) is 0 Å². The lowest BCUT2D eigenvalue weighted by Crippen LogP contribution is -2.24. The molecule has 0 atom stereocenters. The van der Waals surface area contributed by atoms with Gasteiger partial charge >= 0.3 is 0 Å². The number of nitrogens with two attached hydrogens (primary N) is 2. The molecule has 0 radical (unpaired) electrons. The van der Waals surface area contributed by atoms with Crippen LogP contribution in [0.15, 0.2) is 24.5 Å². The maximum Gasteiger partial charge on any atom is 0.251 e. The molecule has 0 bridgehead atoms. The van der Waals surface area contributed by atoms with E-state index in [9.17, 15) is 4.79 Å². The van der Waals surface area contributed by atoms with Crippen molar-refractivity contribution >= 4 is 17.3 Å². The van der Waals surface area contributed by atoms with Gasteiger partial charge in [0.25, 0.3) is 5.91 Å². The lowest BCUT2D eigenvalue weighted by molar-refractivity contribution is 0.0949. The first-order valence-electron chi connectivity index (χ1n) is 5.33. The minimum Gasteiger partial charge on any atom is -0.399 e. The highest BCUT2D eigenvalue weighted by molar-refractivity contribution is 5.96. The Morgan fingerprint density at radius 2 is 2.00 bits per heavy atom. The predicted molar refractivity (Wildman–Crippen MR) is 67.4 cm³/mol. The van der Waals surface area contributed by atoms with Gasteiger partial charge in [0.2, 0.25) is 0 Å². The van der Waals surface area contributed by atoms with E-state index in [1.54, 1.807) is 36.1 Å². The molecule has 1 amide bonds. The van der Waals surface area contributed by atoms with E-state index < -0.39 is 0 Å². The van der Waals surface area contributed by atoms with Crippen LogP contribution in [-0.2, 0) is 13.6 Å². The number of nitrogen functional groups attached to an aromatic ring is 2. The molecular weight excluding hydrogens is 232 g/mol. The number of aryl methyl sites for hydroxylation is 1. The summed E-state index contributed by atoms with van der Waals surface area (Å²) in [5.41, 5.74) is 12.6. The van der Waals surface area contributed by atoms with Gasteiger partial charge in [0.1, 0.15) is 6.33 Å². The molecule has 0 unspecified atom stereocenters. The van der Waals surface area contributed by atoms with Crippen molar-refractivity contribution in [3.05, 3.63) is 35.9 Å². The van der Waals surface area contributed by atoms with Gasteiger partial charge in [-0.2, -0.15) is 0 Å². The van der Waals surface area contributed by atoms with Crippen LogP contribution in [0.25, 0.3) is 0 Å². The fourth-order valence-electron chi connectivity index (χ4n) is 1.54. The lowest BCUT2D eigenvalue weighted by atomic mass is 10.1. The van der Waals surface area contributed by atoms with Gasteiger partial charge in [0.05, 0.1) is 6.54 Å². The average molecular weight is 246 g/mol. The summed E-state index contributed by atoms with van der Waals surface area (Å²) >= 11 is 0. The topological polar surface area (TPSA) is 112 Å². The number of benzene rings is 1. The molecule has 7 heteroatoms. The van der Waals surface area contributed by atoms with Crippen molar-refractivity contribution < 1.29 is 4.79 Å². The Morgan fingerprint density at radius 1 is 1.33 bits per heavy atom. The first-order chi connectivity index (χ1) is 8.56. The Morgan fingerprint density at radius 3 is 2.56 bits per heavy atom. The first-order valence-corrected chi connectivity index (χ1v) is 5.33. The number of hydrogen-bond donors (Lipinski definition) is 3.